The van der Waals surface area contributed by atoms with Gasteiger partial charge in [-0.05, 0) is 48.5 Å². The van der Waals surface area contributed by atoms with Crippen LogP contribution in [0.1, 0.15) is 48.5 Å². The Kier molecular flexibility index (Phi) is 8.90. The predicted molar refractivity (Wildman–Crippen MR) is 122 cm³/mol. The fourth-order valence-electron chi connectivity index (χ4n) is 3.82. The predicted octanol–water partition coefficient (Wildman–Crippen LogP) is 2.39. The summed E-state index contributed by atoms with van der Waals surface area (Å²) >= 11 is 2.10. The van der Waals surface area contributed by atoms with Gasteiger partial charge in [0, 0.05) is 23.3 Å². The van der Waals surface area contributed by atoms with Crippen molar-refractivity contribution in [3.63, 3.8) is 0 Å². The van der Waals surface area contributed by atoms with Crippen LogP contribution in [0.3, 0.4) is 0 Å². The molecular formula is C18H31N6O8S2. The van der Waals surface area contributed by atoms with Crippen LogP contribution < -0.4 is 10.1 Å². The van der Waals surface area contributed by atoms with Crippen molar-refractivity contribution in [2.75, 3.05) is 19.8 Å². The summed E-state index contributed by atoms with van der Waals surface area (Å²) in [5, 5.41) is 37.0. The summed E-state index contributed by atoms with van der Waals surface area (Å²) in [6, 6.07) is 0. The molecule has 2 rings (SSSR count). The van der Waals surface area contributed by atoms with E-state index in [0.29, 0.717) is 5.03 Å². The Balaban J connectivity index is 2.17. The topological polar surface area (TPSA) is 175 Å². The van der Waals surface area contributed by atoms with E-state index >= 15 is 0 Å². The zero-order valence-corrected chi connectivity index (χ0v) is 21.8. The monoisotopic (exact) mass is 523 g/mol. The van der Waals surface area contributed by atoms with Crippen LogP contribution in [0.4, 0.5) is 0 Å². The molecule has 0 saturated carbocycles. The Hall–Kier alpha value is -2.01. The number of hydrogen-bond donors (Lipinski definition) is 1. The van der Waals surface area contributed by atoms with E-state index in [1.54, 1.807) is 27.7 Å². The van der Waals surface area contributed by atoms with Crippen molar-refractivity contribution >= 4 is 23.5 Å². The summed E-state index contributed by atoms with van der Waals surface area (Å²) in [5.74, 6) is -0.360. The fourth-order valence-corrected chi connectivity index (χ4v) is 5.97. The average molecular weight is 524 g/mol. The number of rotatable bonds is 12. The Bertz CT molecular complexity index is 862. The summed E-state index contributed by atoms with van der Waals surface area (Å²) in [7, 11) is 0. The van der Waals surface area contributed by atoms with Crippen LogP contribution in [0.25, 0.3) is 0 Å². The van der Waals surface area contributed by atoms with Crippen LogP contribution in [0.15, 0.2) is 5.03 Å². The first-order valence-electron chi connectivity index (χ1n) is 10.5. The highest BCUT2D eigenvalue weighted by atomic mass is 32.2. The largest absolute Gasteiger partial charge is 0.473 e. The van der Waals surface area contributed by atoms with Gasteiger partial charge in [0.1, 0.15) is 13.2 Å². The summed E-state index contributed by atoms with van der Waals surface area (Å²) < 4.78 is 14.1. The lowest BCUT2D eigenvalue weighted by Gasteiger charge is -2.33. The average Bonchev–Trinajstić information content (AvgIpc) is 3.18. The molecule has 34 heavy (non-hydrogen) atoms. The normalized spacial score (nSPS) is 22.8. The second-order valence-electron chi connectivity index (χ2n) is 10.0. The summed E-state index contributed by atoms with van der Waals surface area (Å²) in [5.41, 5.74) is -2.13. The van der Waals surface area contributed by atoms with E-state index in [2.05, 4.69) is 18.9 Å². The number of nitrogens with zero attached hydrogens (tertiary/aromatic N) is 5. The van der Waals surface area contributed by atoms with Crippen molar-refractivity contribution in [1.82, 2.24) is 19.1 Å². The van der Waals surface area contributed by atoms with Crippen molar-refractivity contribution in [2.24, 2.45) is 5.92 Å². The molecule has 1 aliphatic heterocycles. The van der Waals surface area contributed by atoms with E-state index in [1.807, 2.05) is 20.8 Å². The molecule has 3 atom stereocenters. The highest BCUT2D eigenvalue weighted by molar-refractivity contribution is 8.00. The molecule has 193 valence electrons. The lowest BCUT2D eigenvalue weighted by molar-refractivity contribution is -0.768. The number of hydroxylamine groups is 2. The number of aromatic nitrogens is 2. The summed E-state index contributed by atoms with van der Waals surface area (Å²) in [6.45, 7) is 12.4. The van der Waals surface area contributed by atoms with Crippen molar-refractivity contribution in [3.8, 4) is 5.88 Å². The van der Waals surface area contributed by atoms with Crippen molar-refractivity contribution < 1.29 is 29.8 Å². The molecule has 1 radical (unpaired) electrons. The minimum absolute atomic E-state index is 0.148. The minimum atomic E-state index is -0.940. The zero-order chi connectivity index (χ0) is 25.9. The third-order valence-electron chi connectivity index (χ3n) is 5.55. The van der Waals surface area contributed by atoms with E-state index in [9.17, 15) is 25.4 Å². The smallest absolute Gasteiger partial charge is 0.294 e. The third-order valence-corrected chi connectivity index (χ3v) is 7.82. The molecule has 0 bridgehead atoms. The lowest BCUT2D eigenvalue weighted by atomic mass is 9.87. The SMILES string of the molecule is CC(C)(C)NC[C@@H](COc1nsnc1SC1C(CO[N+](=O)[O-])C(C)(C)N([O])C1(C)C)O[N+](=O)[O-]. The molecule has 1 aliphatic rings. The Morgan fingerprint density at radius 1 is 1.18 bits per heavy atom. The van der Waals surface area contributed by atoms with Gasteiger partial charge < -0.3 is 19.7 Å². The molecule has 0 aromatic carbocycles. The third kappa shape index (κ3) is 7.00. The Morgan fingerprint density at radius 2 is 1.82 bits per heavy atom. The number of ether oxygens (including phenoxy) is 1. The van der Waals surface area contributed by atoms with Gasteiger partial charge in [-0.3, -0.25) is 0 Å². The molecule has 0 aliphatic carbocycles. The molecule has 1 aromatic rings. The van der Waals surface area contributed by atoms with Gasteiger partial charge in [0.05, 0.1) is 22.8 Å². The summed E-state index contributed by atoms with van der Waals surface area (Å²) in [4.78, 5) is 31.0. The van der Waals surface area contributed by atoms with Gasteiger partial charge in [0.2, 0.25) is 0 Å². The molecular weight excluding hydrogens is 492 g/mol. The Labute approximate surface area is 205 Å². The maximum atomic E-state index is 13.0. The lowest BCUT2D eigenvalue weighted by Crippen LogP contribution is -2.47. The molecule has 1 fully saturated rings. The Morgan fingerprint density at radius 3 is 2.38 bits per heavy atom. The molecule has 0 spiro atoms. The molecule has 0 amide bonds. The molecule has 1 aromatic heterocycles. The van der Waals surface area contributed by atoms with Gasteiger partial charge in [-0.1, -0.05) is 11.8 Å². The molecule has 1 saturated heterocycles. The minimum Gasteiger partial charge on any atom is -0.473 e. The van der Waals surface area contributed by atoms with E-state index in [-0.39, 0.29) is 31.2 Å². The van der Waals surface area contributed by atoms with Gasteiger partial charge in [-0.15, -0.1) is 34.9 Å². The van der Waals surface area contributed by atoms with Crippen molar-refractivity contribution in [2.45, 2.75) is 81.5 Å². The van der Waals surface area contributed by atoms with Crippen LogP contribution in [0.2, 0.25) is 0 Å². The van der Waals surface area contributed by atoms with Crippen LogP contribution in [-0.4, -0.2) is 71.7 Å². The van der Waals surface area contributed by atoms with Crippen LogP contribution in [0, 0.1) is 26.1 Å². The van der Waals surface area contributed by atoms with E-state index < -0.39 is 38.5 Å². The molecule has 1 N–H and O–H groups in total. The summed E-state index contributed by atoms with van der Waals surface area (Å²) in [6.07, 6.45) is -0.894. The van der Waals surface area contributed by atoms with Gasteiger partial charge in [0.15, 0.2) is 11.1 Å². The zero-order valence-electron chi connectivity index (χ0n) is 20.2. The number of thioether (sulfide) groups is 1. The first-order chi connectivity index (χ1) is 15.6. The highest BCUT2D eigenvalue weighted by Gasteiger charge is 2.60. The van der Waals surface area contributed by atoms with E-state index in [4.69, 9.17) is 9.57 Å². The second-order valence-corrected chi connectivity index (χ2v) is 11.7. The van der Waals surface area contributed by atoms with Gasteiger partial charge in [-0.25, -0.2) is 0 Å². The highest BCUT2D eigenvalue weighted by Crippen LogP contribution is 2.52. The molecule has 16 heteroatoms. The first kappa shape index (κ1) is 28.2. The first-order valence-corrected chi connectivity index (χ1v) is 12.1. The van der Waals surface area contributed by atoms with Crippen LogP contribution in [0.5, 0.6) is 5.88 Å². The van der Waals surface area contributed by atoms with Gasteiger partial charge in [0.25, 0.3) is 16.1 Å². The second kappa shape index (κ2) is 10.7. The quantitative estimate of drug-likeness (QED) is 0.313. The van der Waals surface area contributed by atoms with E-state index in [0.717, 1.165) is 16.8 Å². The fraction of sp³-hybridized carbons (Fsp3) is 0.889. The standard InChI is InChI=1S/C18H31N6O8S2/c1-16(2,3)19-8-11(32-24(28)29)9-30-14-15(21-34-20-14)33-13-12(10-31-23(26)27)17(4,5)22(25)18(13,6)7/h11-13,19H,8-10H2,1-7H3/t11-,12?,13?/m0/s1. The van der Waals surface area contributed by atoms with Gasteiger partial charge in [-0.2, -0.15) is 4.37 Å². The van der Waals surface area contributed by atoms with Crippen molar-refractivity contribution in [1.29, 1.82) is 0 Å². The molecule has 2 heterocycles. The number of nitrogens with one attached hydrogen (secondary N) is 1. The van der Waals surface area contributed by atoms with Crippen LogP contribution >= 0.6 is 23.5 Å². The van der Waals surface area contributed by atoms with E-state index in [1.165, 1.54) is 11.8 Å². The van der Waals surface area contributed by atoms with Crippen LogP contribution in [-0.2, 0) is 14.9 Å². The number of hydrogen-bond acceptors (Lipinski definition) is 13. The maximum Gasteiger partial charge on any atom is 0.294 e. The maximum absolute atomic E-state index is 13.0. The van der Waals surface area contributed by atoms with Gasteiger partial charge >= 0.3 is 0 Å². The van der Waals surface area contributed by atoms with Crippen molar-refractivity contribution in [3.05, 3.63) is 20.2 Å². The molecule has 14 nitrogen and oxygen atoms in total. The molecule has 2 unspecified atom stereocenters.